The zero-order valence-electron chi connectivity index (χ0n) is 16.1. The molecule has 7 heteroatoms. The third kappa shape index (κ3) is 5.32. The van der Waals surface area contributed by atoms with E-state index in [0.29, 0.717) is 18.3 Å². The first-order chi connectivity index (χ1) is 13.2. The van der Waals surface area contributed by atoms with E-state index >= 15 is 0 Å². The smallest absolute Gasteiger partial charge is 0.233 e. The molecule has 1 aliphatic heterocycles. The number of methoxy groups -OCH3 is 1. The lowest BCUT2D eigenvalue weighted by molar-refractivity contribution is -0.130. The first kappa shape index (κ1) is 19.9. The summed E-state index contributed by atoms with van der Waals surface area (Å²) in [6, 6.07) is 10.1. The second kappa shape index (κ2) is 9.90. The Morgan fingerprint density at radius 3 is 2.85 bits per heavy atom. The van der Waals surface area contributed by atoms with Crippen LogP contribution < -0.4 is 0 Å². The molecule has 0 aliphatic carbocycles. The molecule has 2 heterocycles. The third-order valence-electron chi connectivity index (χ3n) is 4.81. The number of nitrogens with zero attached hydrogens (tertiary/aromatic N) is 4. The number of amides is 1. The average Bonchev–Trinajstić information content (AvgIpc) is 3.10. The molecule has 0 N–H and O–H groups in total. The van der Waals surface area contributed by atoms with Gasteiger partial charge in [-0.15, -0.1) is 10.2 Å². The van der Waals surface area contributed by atoms with Gasteiger partial charge in [0.2, 0.25) is 5.91 Å². The summed E-state index contributed by atoms with van der Waals surface area (Å²) in [5, 5.41) is 9.56. The normalized spacial score (nSPS) is 17.3. The van der Waals surface area contributed by atoms with E-state index in [1.54, 1.807) is 7.11 Å². The van der Waals surface area contributed by atoms with E-state index in [2.05, 4.69) is 21.7 Å². The maximum absolute atomic E-state index is 12.6. The highest BCUT2D eigenvalue weighted by Gasteiger charge is 2.22. The molecular formula is C20H28N4O2S. The van der Waals surface area contributed by atoms with Crippen LogP contribution in [0.3, 0.4) is 0 Å². The monoisotopic (exact) mass is 388 g/mol. The molecule has 1 amide bonds. The Kier molecular flexibility index (Phi) is 7.29. The molecule has 2 aromatic rings. The van der Waals surface area contributed by atoms with E-state index in [9.17, 15) is 4.79 Å². The minimum atomic E-state index is 0.194. The van der Waals surface area contributed by atoms with Crippen LogP contribution in [-0.2, 0) is 16.1 Å². The van der Waals surface area contributed by atoms with Crippen LogP contribution in [0.1, 0.15) is 26.2 Å². The number of aromatic nitrogens is 3. The molecular weight excluding hydrogens is 360 g/mol. The van der Waals surface area contributed by atoms with Gasteiger partial charge < -0.3 is 14.2 Å². The number of thioether (sulfide) groups is 1. The maximum Gasteiger partial charge on any atom is 0.233 e. The summed E-state index contributed by atoms with van der Waals surface area (Å²) < 4.78 is 7.29. The van der Waals surface area contributed by atoms with Gasteiger partial charge in [-0.25, -0.2) is 0 Å². The Bertz CT molecular complexity index is 735. The molecule has 1 fully saturated rings. The maximum atomic E-state index is 12.6. The highest BCUT2D eigenvalue weighted by molar-refractivity contribution is 7.99. The molecule has 0 radical (unpaired) electrons. The van der Waals surface area contributed by atoms with Crippen molar-refractivity contribution in [3.8, 4) is 11.4 Å². The molecule has 6 nitrogen and oxygen atoms in total. The molecule has 3 rings (SSSR count). The molecule has 1 atom stereocenters. The number of ether oxygens (including phenoxy) is 1. The molecule has 1 aromatic carbocycles. The summed E-state index contributed by atoms with van der Waals surface area (Å²) in [5.41, 5.74) is 1.03. The lowest BCUT2D eigenvalue weighted by Crippen LogP contribution is -2.40. The predicted octanol–water partition coefficient (Wildman–Crippen LogP) is 3.33. The lowest BCUT2D eigenvalue weighted by atomic mass is 10.0. The van der Waals surface area contributed by atoms with Crippen LogP contribution in [-0.4, -0.2) is 58.1 Å². The van der Waals surface area contributed by atoms with Gasteiger partial charge in [-0.05, 0) is 25.2 Å². The highest BCUT2D eigenvalue weighted by atomic mass is 32.2. The van der Waals surface area contributed by atoms with Crippen LogP contribution in [0, 0.1) is 5.92 Å². The van der Waals surface area contributed by atoms with Crippen molar-refractivity contribution in [2.45, 2.75) is 37.9 Å². The van der Waals surface area contributed by atoms with E-state index in [-0.39, 0.29) is 5.91 Å². The number of piperidine rings is 1. The Balaban J connectivity index is 1.70. The van der Waals surface area contributed by atoms with Crippen LogP contribution in [0.15, 0.2) is 35.5 Å². The standard InChI is InChI=1S/C20H28N4O2S/c1-16-8-6-11-23(14-16)18(25)15-27-20-22-21-19(17-9-4-3-5-10-17)24(20)12-7-13-26-2/h3-5,9-10,16H,6-8,11-15H2,1-2H3/t16-/m0/s1. The van der Waals surface area contributed by atoms with Crippen molar-refractivity contribution in [3.05, 3.63) is 30.3 Å². The fourth-order valence-corrected chi connectivity index (χ4v) is 4.27. The number of carbonyl (C=O) groups excluding carboxylic acids is 1. The van der Waals surface area contributed by atoms with Crippen molar-refractivity contribution < 1.29 is 9.53 Å². The van der Waals surface area contributed by atoms with E-state index < -0.39 is 0 Å². The highest BCUT2D eigenvalue weighted by Crippen LogP contribution is 2.25. The third-order valence-corrected chi connectivity index (χ3v) is 5.76. The van der Waals surface area contributed by atoms with E-state index in [1.165, 1.54) is 18.2 Å². The second-order valence-corrected chi connectivity index (χ2v) is 7.99. The molecule has 0 unspecified atom stereocenters. The number of hydrogen-bond acceptors (Lipinski definition) is 5. The quantitative estimate of drug-likeness (QED) is 0.513. The zero-order valence-corrected chi connectivity index (χ0v) is 17.0. The van der Waals surface area contributed by atoms with Crippen LogP contribution in [0.25, 0.3) is 11.4 Å². The molecule has 0 bridgehead atoms. The average molecular weight is 389 g/mol. The summed E-state index contributed by atoms with van der Waals surface area (Å²) in [5.74, 6) is 2.03. The van der Waals surface area contributed by atoms with Gasteiger partial charge in [-0.2, -0.15) is 0 Å². The summed E-state index contributed by atoms with van der Waals surface area (Å²) in [7, 11) is 1.71. The summed E-state index contributed by atoms with van der Waals surface area (Å²) >= 11 is 1.48. The SMILES string of the molecule is COCCCn1c(SCC(=O)N2CCC[C@H](C)C2)nnc1-c1ccccc1. The van der Waals surface area contributed by atoms with Crippen molar-refractivity contribution in [1.29, 1.82) is 0 Å². The van der Waals surface area contributed by atoms with Crippen molar-refractivity contribution in [2.24, 2.45) is 5.92 Å². The number of likely N-dealkylation sites (tertiary alicyclic amines) is 1. The fourth-order valence-electron chi connectivity index (χ4n) is 3.40. The second-order valence-electron chi connectivity index (χ2n) is 7.05. The minimum Gasteiger partial charge on any atom is -0.385 e. The van der Waals surface area contributed by atoms with Gasteiger partial charge >= 0.3 is 0 Å². The van der Waals surface area contributed by atoms with Crippen LogP contribution in [0.2, 0.25) is 0 Å². The van der Waals surface area contributed by atoms with E-state index in [0.717, 1.165) is 49.0 Å². The van der Waals surface area contributed by atoms with Crippen LogP contribution >= 0.6 is 11.8 Å². The van der Waals surface area contributed by atoms with Gasteiger partial charge in [0.1, 0.15) is 0 Å². The predicted molar refractivity (Wildman–Crippen MR) is 108 cm³/mol. The Labute approximate surface area is 165 Å². The molecule has 146 valence electrons. The molecule has 1 aromatic heterocycles. The van der Waals surface area contributed by atoms with Crippen molar-refractivity contribution >= 4 is 17.7 Å². The van der Waals surface area contributed by atoms with Crippen molar-refractivity contribution in [1.82, 2.24) is 19.7 Å². The molecule has 27 heavy (non-hydrogen) atoms. The van der Waals surface area contributed by atoms with Gasteiger partial charge in [0.05, 0.1) is 5.75 Å². The molecule has 0 saturated carbocycles. The number of carbonyl (C=O) groups is 1. The summed E-state index contributed by atoms with van der Waals surface area (Å²) in [6.07, 6.45) is 3.19. The molecule has 1 aliphatic rings. The van der Waals surface area contributed by atoms with Gasteiger partial charge in [-0.3, -0.25) is 4.79 Å². The van der Waals surface area contributed by atoms with Gasteiger partial charge in [0.25, 0.3) is 0 Å². The Hall–Kier alpha value is -1.86. The van der Waals surface area contributed by atoms with Gasteiger partial charge in [-0.1, -0.05) is 49.0 Å². The first-order valence-electron chi connectivity index (χ1n) is 9.57. The zero-order chi connectivity index (χ0) is 19.1. The summed E-state index contributed by atoms with van der Waals surface area (Å²) in [6.45, 7) is 5.41. The summed E-state index contributed by atoms with van der Waals surface area (Å²) in [4.78, 5) is 14.6. The number of hydrogen-bond donors (Lipinski definition) is 0. The topological polar surface area (TPSA) is 60.2 Å². The van der Waals surface area contributed by atoms with Crippen LogP contribution in [0.5, 0.6) is 0 Å². The number of benzene rings is 1. The minimum absolute atomic E-state index is 0.194. The van der Waals surface area contributed by atoms with E-state index in [1.807, 2.05) is 35.2 Å². The molecule has 0 spiro atoms. The van der Waals surface area contributed by atoms with Crippen LogP contribution in [0.4, 0.5) is 0 Å². The molecule has 1 saturated heterocycles. The number of rotatable bonds is 8. The van der Waals surface area contributed by atoms with E-state index in [4.69, 9.17) is 4.74 Å². The van der Waals surface area contributed by atoms with Crippen molar-refractivity contribution in [3.63, 3.8) is 0 Å². The lowest BCUT2D eigenvalue weighted by Gasteiger charge is -2.30. The van der Waals surface area contributed by atoms with Crippen molar-refractivity contribution in [2.75, 3.05) is 32.6 Å². The Morgan fingerprint density at radius 1 is 1.30 bits per heavy atom. The largest absolute Gasteiger partial charge is 0.385 e. The van der Waals surface area contributed by atoms with Gasteiger partial charge in [0.15, 0.2) is 11.0 Å². The first-order valence-corrected chi connectivity index (χ1v) is 10.6. The van der Waals surface area contributed by atoms with Gasteiger partial charge in [0, 0.05) is 38.9 Å². The Morgan fingerprint density at radius 2 is 2.11 bits per heavy atom. The fraction of sp³-hybridized carbons (Fsp3) is 0.550.